The molecule has 1 aliphatic rings. The van der Waals surface area contributed by atoms with Crippen LogP contribution in [0.25, 0.3) is 0 Å². The summed E-state index contributed by atoms with van der Waals surface area (Å²) < 4.78 is 26.3. The molecule has 8 nitrogen and oxygen atoms in total. The van der Waals surface area contributed by atoms with Gasteiger partial charge in [-0.05, 0) is 12.1 Å². The summed E-state index contributed by atoms with van der Waals surface area (Å²) in [5.74, 6) is -0.293. The van der Waals surface area contributed by atoms with Crippen LogP contribution in [0.4, 0.5) is 10.5 Å². The molecule has 1 fully saturated rings. The van der Waals surface area contributed by atoms with E-state index in [1.54, 1.807) is 12.1 Å². The lowest BCUT2D eigenvalue weighted by molar-refractivity contribution is -0.120. The zero-order valence-electron chi connectivity index (χ0n) is 11.4. The first-order chi connectivity index (χ1) is 9.85. The lowest BCUT2D eigenvalue weighted by Crippen LogP contribution is -2.49. The molecule has 1 aliphatic heterocycles. The van der Waals surface area contributed by atoms with E-state index in [0.29, 0.717) is 24.3 Å². The van der Waals surface area contributed by atoms with Crippen LogP contribution in [0.5, 0.6) is 0 Å². The number of carbonyl (C=O) groups is 2. The third kappa shape index (κ3) is 4.50. The average molecular weight is 313 g/mol. The summed E-state index contributed by atoms with van der Waals surface area (Å²) in [4.78, 5) is 28.3. The van der Waals surface area contributed by atoms with E-state index < -0.39 is 16.1 Å². The summed E-state index contributed by atoms with van der Waals surface area (Å²) in [5.41, 5.74) is 1.23. The summed E-state index contributed by atoms with van der Waals surface area (Å²) in [7, 11) is -3.45. The molecule has 0 radical (unpaired) electrons. The van der Waals surface area contributed by atoms with Gasteiger partial charge in [0, 0.05) is 25.1 Å². The van der Waals surface area contributed by atoms with E-state index in [2.05, 4.69) is 14.5 Å². The number of carbonyl (C=O) groups excluding carboxylic acids is 2. The van der Waals surface area contributed by atoms with Crippen molar-refractivity contribution in [2.45, 2.75) is 12.8 Å². The van der Waals surface area contributed by atoms with Crippen LogP contribution < -0.4 is 10.2 Å². The van der Waals surface area contributed by atoms with Crippen LogP contribution >= 0.6 is 0 Å². The highest BCUT2D eigenvalue weighted by Crippen LogP contribution is 2.16. The van der Waals surface area contributed by atoms with Crippen LogP contribution in [0, 0.1) is 0 Å². The molecule has 21 heavy (non-hydrogen) atoms. The number of nitrogens with zero attached hydrogens (tertiary/aromatic N) is 2. The Morgan fingerprint density at radius 3 is 2.71 bits per heavy atom. The number of nitrogens with one attached hydrogen (secondary N) is 1. The SMILES string of the molecule is CS(=O)(=O)OCCc1ccc(N2CCC(=O)NC2=O)cn1. The van der Waals surface area contributed by atoms with Crippen molar-refractivity contribution in [3.8, 4) is 0 Å². The molecule has 0 atom stereocenters. The fourth-order valence-corrected chi connectivity index (χ4v) is 2.22. The van der Waals surface area contributed by atoms with Gasteiger partial charge in [0.2, 0.25) is 5.91 Å². The monoisotopic (exact) mass is 313 g/mol. The summed E-state index contributed by atoms with van der Waals surface area (Å²) in [5, 5.41) is 2.23. The van der Waals surface area contributed by atoms with Gasteiger partial charge in [-0.3, -0.25) is 24.2 Å². The van der Waals surface area contributed by atoms with Crippen LogP contribution in [0.3, 0.4) is 0 Å². The quantitative estimate of drug-likeness (QED) is 0.770. The fourth-order valence-electron chi connectivity index (χ4n) is 1.83. The Bertz CT molecular complexity index is 641. The predicted octanol–water partition coefficient (Wildman–Crippen LogP) is 0.0466. The molecule has 0 bridgehead atoms. The number of pyridine rings is 1. The highest BCUT2D eigenvalue weighted by Gasteiger charge is 2.24. The zero-order chi connectivity index (χ0) is 15.5. The van der Waals surface area contributed by atoms with Gasteiger partial charge in [-0.2, -0.15) is 8.42 Å². The van der Waals surface area contributed by atoms with Gasteiger partial charge in [-0.1, -0.05) is 0 Å². The summed E-state index contributed by atoms with van der Waals surface area (Å²) >= 11 is 0. The first kappa shape index (κ1) is 15.4. The molecular weight excluding hydrogens is 298 g/mol. The zero-order valence-corrected chi connectivity index (χ0v) is 12.2. The number of rotatable bonds is 5. The molecule has 1 saturated heterocycles. The minimum Gasteiger partial charge on any atom is -0.292 e. The number of urea groups is 1. The highest BCUT2D eigenvalue weighted by atomic mass is 32.2. The van der Waals surface area contributed by atoms with Crippen molar-refractivity contribution in [2.24, 2.45) is 0 Å². The number of hydrogen-bond acceptors (Lipinski definition) is 6. The smallest absolute Gasteiger partial charge is 0.292 e. The van der Waals surface area contributed by atoms with Gasteiger partial charge in [0.15, 0.2) is 0 Å². The maximum absolute atomic E-state index is 11.7. The van der Waals surface area contributed by atoms with Crippen molar-refractivity contribution in [2.75, 3.05) is 24.3 Å². The van der Waals surface area contributed by atoms with E-state index in [1.165, 1.54) is 11.1 Å². The lowest BCUT2D eigenvalue weighted by Gasteiger charge is -2.26. The van der Waals surface area contributed by atoms with E-state index in [1.807, 2.05) is 0 Å². The molecule has 0 spiro atoms. The highest BCUT2D eigenvalue weighted by molar-refractivity contribution is 7.85. The van der Waals surface area contributed by atoms with Gasteiger partial charge in [0.25, 0.3) is 10.1 Å². The average Bonchev–Trinajstić information content (AvgIpc) is 2.38. The number of aromatic nitrogens is 1. The first-order valence-electron chi connectivity index (χ1n) is 6.26. The summed E-state index contributed by atoms with van der Waals surface area (Å²) in [6.45, 7) is 0.326. The molecule has 0 aliphatic carbocycles. The molecule has 2 heterocycles. The van der Waals surface area contributed by atoms with E-state index in [9.17, 15) is 18.0 Å². The predicted molar refractivity (Wildman–Crippen MR) is 74.2 cm³/mol. The molecule has 9 heteroatoms. The summed E-state index contributed by atoms with van der Waals surface area (Å²) in [6.07, 6.45) is 3.08. The largest absolute Gasteiger partial charge is 0.328 e. The maximum atomic E-state index is 11.7. The van der Waals surface area contributed by atoms with E-state index in [-0.39, 0.29) is 18.9 Å². The topological polar surface area (TPSA) is 106 Å². The van der Waals surface area contributed by atoms with Crippen molar-refractivity contribution in [3.05, 3.63) is 24.0 Å². The Morgan fingerprint density at radius 2 is 2.14 bits per heavy atom. The number of amides is 3. The molecule has 1 aromatic rings. The molecule has 1 aromatic heterocycles. The molecule has 0 saturated carbocycles. The van der Waals surface area contributed by atoms with Gasteiger partial charge < -0.3 is 0 Å². The lowest BCUT2D eigenvalue weighted by atomic mass is 10.2. The molecule has 2 rings (SSSR count). The maximum Gasteiger partial charge on any atom is 0.328 e. The van der Waals surface area contributed by atoms with E-state index in [4.69, 9.17) is 0 Å². The van der Waals surface area contributed by atoms with Crippen molar-refractivity contribution >= 4 is 27.7 Å². The standard InChI is InChI=1S/C12H15N3O5S/c1-21(18,19)20-7-5-9-2-3-10(8-13-9)15-6-4-11(16)14-12(15)17/h2-3,8H,4-7H2,1H3,(H,14,16,17). The Labute approximate surface area is 122 Å². The second-order valence-corrected chi connectivity index (χ2v) is 6.18. The van der Waals surface area contributed by atoms with E-state index in [0.717, 1.165) is 6.26 Å². The Morgan fingerprint density at radius 1 is 1.38 bits per heavy atom. The minimum absolute atomic E-state index is 0.0177. The third-order valence-electron chi connectivity index (χ3n) is 2.83. The second kappa shape index (κ2) is 6.19. The van der Waals surface area contributed by atoms with Crippen molar-refractivity contribution in [3.63, 3.8) is 0 Å². The molecule has 114 valence electrons. The van der Waals surface area contributed by atoms with Crippen LogP contribution in [0.1, 0.15) is 12.1 Å². The van der Waals surface area contributed by atoms with Gasteiger partial charge in [0.05, 0.1) is 24.7 Å². The van der Waals surface area contributed by atoms with Crippen LogP contribution in [0.2, 0.25) is 0 Å². The first-order valence-corrected chi connectivity index (χ1v) is 8.07. The minimum atomic E-state index is -3.45. The fraction of sp³-hybridized carbons (Fsp3) is 0.417. The summed E-state index contributed by atoms with van der Waals surface area (Å²) in [6, 6.07) is 2.91. The van der Waals surface area contributed by atoms with Crippen molar-refractivity contribution in [1.29, 1.82) is 0 Å². The Kier molecular flexibility index (Phi) is 4.53. The third-order valence-corrected chi connectivity index (χ3v) is 3.43. The Hall–Kier alpha value is -2.00. The number of imide groups is 1. The van der Waals surface area contributed by atoms with Gasteiger partial charge in [-0.25, -0.2) is 4.79 Å². The second-order valence-electron chi connectivity index (χ2n) is 4.54. The van der Waals surface area contributed by atoms with Crippen LogP contribution in [-0.2, 0) is 25.5 Å². The van der Waals surface area contributed by atoms with Crippen LogP contribution in [0.15, 0.2) is 18.3 Å². The van der Waals surface area contributed by atoms with E-state index >= 15 is 0 Å². The van der Waals surface area contributed by atoms with Crippen LogP contribution in [-0.4, -0.2) is 44.7 Å². The Balaban J connectivity index is 1.96. The molecule has 3 amide bonds. The molecular formula is C12H15N3O5S. The molecule has 0 aromatic carbocycles. The van der Waals surface area contributed by atoms with Crippen molar-refractivity contribution < 1.29 is 22.2 Å². The number of hydrogen-bond donors (Lipinski definition) is 1. The van der Waals surface area contributed by atoms with Gasteiger partial charge in [-0.15, -0.1) is 0 Å². The normalized spacial score (nSPS) is 16.0. The molecule has 1 N–H and O–H groups in total. The van der Waals surface area contributed by atoms with Gasteiger partial charge >= 0.3 is 6.03 Å². The van der Waals surface area contributed by atoms with Gasteiger partial charge in [0.1, 0.15) is 0 Å². The number of anilines is 1. The molecule has 0 unspecified atom stereocenters. The van der Waals surface area contributed by atoms with Crippen molar-refractivity contribution in [1.82, 2.24) is 10.3 Å².